The molecule has 4 rings (SSSR count). The van der Waals surface area contributed by atoms with Crippen molar-refractivity contribution in [3.05, 3.63) is 59.7 Å². The topological polar surface area (TPSA) is 78.8 Å². The first-order valence-corrected chi connectivity index (χ1v) is 10.6. The number of hydrogen-bond donors (Lipinski definition) is 3. The van der Waals surface area contributed by atoms with Crippen LogP contribution in [0.2, 0.25) is 0 Å². The maximum Gasteiger partial charge on any atom is 0.407 e. The highest BCUT2D eigenvalue weighted by atomic mass is 16.5. The van der Waals surface area contributed by atoms with E-state index < -0.39 is 18.4 Å². The third-order valence-electron chi connectivity index (χ3n) is 6.32. The van der Waals surface area contributed by atoms with Gasteiger partial charge in [0.2, 0.25) is 0 Å². The third-order valence-corrected chi connectivity index (χ3v) is 6.32. The summed E-state index contributed by atoms with van der Waals surface area (Å²) in [5.41, 5.74) is 4.67. The fourth-order valence-corrected chi connectivity index (χ4v) is 4.83. The lowest BCUT2D eigenvalue weighted by Crippen LogP contribution is -2.45. The Bertz CT molecular complexity index is 799. The molecule has 1 fully saturated rings. The summed E-state index contributed by atoms with van der Waals surface area (Å²) in [4.78, 5) is 12.4. The molecule has 0 heterocycles. The summed E-state index contributed by atoms with van der Waals surface area (Å²) in [6.07, 6.45) is 4.13. The number of aliphatic hydroxyl groups excluding tert-OH is 1. The van der Waals surface area contributed by atoms with Crippen molar-refractivity contribution in [1.29, 1.82) is 0 Å². The lowest BCUT2D eigenvalue weighted by atomic mass is 9.84. The lowest BCUT2D eigenvalue weighted by molar-refractivity contribution is -0.0718. The van der Waals surface area contributed by atoms with E-state index in [0.717, 1.165) is 24.0 Å². The summed E-state index contributed by atoms with van der Waals surface area (Å²) in [5, 5.41) is 22.1. The largest absolute Gasteiger partial charge is 0.449 e. The van der Waals surface area contributed by atoms with Crippen LogP contribution in [0.15, 0.2) is 48.5 Å². The Morgan fingerprint density at radius 1 is 0.966 bits per heavy atom. The van der Waals surface area contributed by atoms with Crippen LogP contribution in [0, 0.1) is 5.92 Å². The quantitative estimate of drug-likeness (QED) is 0.641. The van der Waals surface area contributed by atoms with Crippen molar-refractivity contribution < 1.29 is 19.7 Å². The molecule has 0 aromatic heterocycles. The summed E-state index contributed by atoms with van der Waals surface area (Å²) in [5.74, 6) is 0.411. The molecule has 5 nitrogen and oxygen atoms in total. The number of alkyl carbamates (subject to hydrolysis) is 1. The average Bonchev–Trinajstić information content (AvgIpc) is 3.06. The highest BCUT2D eigenvalue weighted by Gasteiger charge is 2.30. The van der Waals surface area contributed by atoms with Gasteiger partial charge in [0.25, 0.3) is 0 Å². The Kier molecular flexibility index (Phi) is 6.16. The summed E-state index contributed by atoms with van der Waals surface area (Å²) >= 11 is 0. The Morgan fingerprint density at radius 2 is 1.55 bits per heavy atom. The number of amides is 1. The van der Waals surface area contributed by atoms with Crippen LogP contribution in [-0.2, 0) is 4.74 Å². The molecule has 1 unspecified atom stereocenters. The number of carbonyl (C=O) groups is 1. The molecule has 0 saturated heterocycles. The Morgan fingerprint density at radius 3 is 2.14 bits per heavy atom. The fourth-order valence-electron chi connectivity index (χ4n) is 4.83. The Hall–Kier alpha value is -2.37. The maximum absolute atomic E-state index is 12.4. The van der Waals surface area contributed by atoms with Crippen molar-refractivity contribution in [3.63, 3.8) is 0 Å². The minimum absolute atomic E-state index is 0.0102. The molecule has 0 radical (unpaired) electrons. The number of nitrogens with one attached hydrogen (secondary N) is 1. The smallest absolute Gasteiger partial charge is 0.407 e. The summed E-state index contributed by atoms with van der Waals surface area (Å²) in [6.45, 7) is 0.220. The van der Waals surface area contributed by atoms with Crippen molar-refractivity contribution in [1.82, 2.24) is 5.32 Å². The molecule has 1 atom stereocenters. The first-order valence-electron chi connectivity index (χ1n) is 10.6. The third kappa shape index (κ3) is 4.46. The maximum atomic E-state index is 12.4. The zero-order chi connectivity index (χ0) is 20.2. The molecule has 2 aliphatic carbocycles. The van der Waals surface area contributed by atoms with Crippen LogP contribution in [0.1, 0.15) is 55.6 Å². The van der Waals surface area contributed by atoms with Gasteiger partial charge in [-0.15, -0.1) is 0 Å². The van der Waals surface area contributed by atoms with E-state index in [9.17, 15) is 15.0 Å². The summed E-state index contributed by atoms with van der Waals surface area (Å²) < 4.78 is 5.54. The predicted octanol–water partition coefficient (Wildman–Crippen LogP) is 4.17. The van der Waals surface area contributed by atoms with E-state index in [1.165, 1.54) is 30.4 Å². The van der Waals surface area contributed by atoms with Gasteiger partial charge in [0.1, 0.15) is 6.61 Å². The zero-order valence-corrected chi connectivity index (χ0v) is 16.6. The van der Waals surface area contributed by atoms with Gasteiger partial charge in [-0.25, -0.2) is 4.79 Å². The number of carbonyl (C=O) groups excluding carboxylic acids is 1. The second-order valence-corrected chi connectivity index (χ2v) is 8.23. The van der Waals surface area contributed by atoms with Crippen molar-refractivity contribution in [3.8, 4) is 11.1 Å². The highest BCUT2D eigenvalue weighted by Crippen LogP contribution is 2.44. The van der Waals surface area contributed by atoms with Crippen molar-refractivity contribution in [2.75, 3.05) is 6.61 Å². The van der Waals surface area contributed by atoms with E-state index in [0.29, 0.717) is 12.3 Å². The van der Waals surface area contributed by atoms with Crippen LogP contribution in [0.3, 0.4) is 0 Å². The summed E-state index contributed by atoms with van der Waals surface area (Å²) in [7, 11) is 0. The number of ether oxygens (including phenoxy) is 1. The lowest BCUT2D eigenvalue weighted by Gasteiger charge is -2.28. The molecule has 0 bridgehead atoms. The van der Waals surface area contributed by atoms with E-state index in [1.807, 2.05) is 24.3 Å². The molecule has 154 valence electrons. The van der Waals surface area contributed by atoms with E-state index in [1.54, 1.807) is 0 Å². The van der Waals surface area contributed by atoms with Crippen molar-refractivity contribution >= 4 is 6.09 Å². The van der Waals surface area contributed by atoms with Gasteiger partial charge >= 0.3 is 6.09 Å². The molecule has 2 aliphatic rings. The SMILES string of the molecule is O=C(NC(CC1CCCCC1)C(O)O)OCC1c2ccccc2-c2ccccc21. The van der Waals surface area contributed by atoms with Gasteiger partial charge in [0.05, 0.1) is 6.04 Å². The predicted molar refractivity (Wildman–Crippen MR) is 111 cm³/mol. The molecular formula is C24H29NO4. The average molecular weight is 395 g/mol. The fraction of sp³-hybridized carbons (Fsp3) is 0.458. The number of hydrogen-bond acceptors (Lipinski definition) is 4. The second kappa shape index (κ2) is 8.97. The molecule has 1 amide bonds. The second-order valence-electron chi connectivity index (χ2n) is 8.23. The number of benzene rings is 2. The minimum Gasteiger partial charge on any atom is -0.449 e. The molecular weight excluding hydrogens is 366 g/mol. The molecule has 2 aromatic carbocycles. The Labute approximate surface area is 171 Å². The molecule has 5 heteroatoms. The molecule has 1 saturated carbocycles. The van der Waals surface area contributed by atoms with E-state index in [2.05, 4.69) is 29.6 Å². The molecule has 29 heavy (non-hydrogen) atoms. The van der Waals surface area contributed by atoms with Crippen LogP contribution >= 0.6 is 0 Å². The molecule has 3 N–H and O–H groups in total. The number of aliphatic hydroxyl groups is 2. The van der Waals surface area contributed by atoms with Gasteiger partial charge in [-0.05, 0) is 34.6 Å². The molecule has 2 aromatic rings. The Balaban J connectivity index is 1.39. The van der Waals surface area contributed by atoms with Gasteiger partial charge < -0.3 is 20.3 Å². The van der Waals surface area contributed by atoms with Gasteiger partial charge in [0, 0.05) is 5.92 Å². The minimum atomic E-state index is -1.59. The van der Waals surface area contributed by atoms with E-state index in [4.69, 9.17) is 4.74 Å². The van der Waals surface area contributed by atoms with Gasteiger partial charge in [-0.1, -0.05) is 80.6 Å². The highest BCUT2D eigenvalue weighted by molar-refractivity contribution is 5.79. The molecule has 0 spiro atoms. The standard InChI is InChI=1S/C24H29NO4/c26-23(27)22(14-16-8-2-1-3-9-16)25-24(28)29-15-21-19-12-6-4-10-17(19)18-11-5-7-13-20(18)21/h4-7,10-13,16,21-23,26-27H,1-3,8-9,14-15H2,(H,25,28). The van der Waals surface area contributed by atoms with Crippen LogP contribution in [0.25, 0.3) is 11.1 Å². The van der Waals surface area contributed by atoms with Crippen LogP contribution < -0.4 is 5.32 Å². The van der Waals surface area contributed by atoms with Gasteiger partial charge in [0.15, 0.2) is 6.29 Å². The zero-order valence-electron chi connectivity index (χ0n) is 16.6. The monoisotopic (exact) mass is 395 g/mol. The van der Waals surface area contributed by atoms with Crippen LogP contribution in [0.5, 0.6) is 0 Å². The molecule has 0 aliphatic heterocycles. The van der Waals surface area contributed by atoms with Gasteiger partial charge in [-0.3, -0.25) is 0 Å². The van der Waals surface area contributed by atoms with Crippen molar-refractivity contribution in [2.24, 2.45) is 5.92 Å². The van der Waals surface area contributed by atoms with E-state index >= 15 is 0 Å². The van der Waals surface area contributed by atoms with E-state index in [-0.39, 0.29) is 12.5 Å². The van der Waals surface area contributed by atoms with Crippen LogP contribution in [0.4, 0.5) is 4.79 Å². The van der Waals surface area contributed by atoms with Crippen LogP contribution in [-0.4, -0.2) is 35.2 Å². The first-order chi connectivity index (χ1) is 14.1. The first kappa shape index (κ1) is 19.9. The summed E-state index contributed by atoms with van der Waals surface area (Å²) in [6, 6.07) is 15.7. The van der Waals surface area contributed by atoms with Crippen molar-refractivity contribution in [2.45, 2.75) is 56.8 Å². The normalized spacial score (nSPS) is 17.6. The van der Waals surface area contributed by atoms with Gasteiger partial charge in [-0.2, -0.15) is 0 Å². The number of fused-ring (bicyclic) bond motifs is 3. The number of rotatable bonds is 6.